The highest BCUT2D eigenvalue weighted by Crippen LogP contribution is 2.45. The molecule has 4 aliphatic rings. The summed E-state index contributed by atoms with van der Waals surface area (Å²) in [6, 6.07) is 20.7. The molecular weight excluding hydrogens is 1090 g/mol. The molecule has 0 radical (unpaired) electrons. The number of hydrogen-bond acceptors (Lipinski definition) is 15. The number of cyclic esters (lactones) is 1. The quantitative estimate of drug-likeness (QED) is 0.0204. The monoisotopic (exact) mass is 1180 g/mol. The molecule has 0 bridgehead atoms. The van der Waals surface area contributed by atoms with Crippen LogP contribution >= 0.6 is 0 Å². The zero-order chi connectivity index (χ0) is 61.8. The first-order valence-electron chi connectivity index (χ1n) is 29.6. The summed E-state index contributed by atoms with van der Waals surface area (Å²) < 4.78 is 35.2. The van der Waals surface area contributed by atoms with Crippen molar-refractivity contribution in [3.63, 3.8) is 0 Å². The van der Waals surface area contributed by atoms with Gasteiger partial charge in [-0.2, -0.15) is 0 Å². The van der Waals surface area contributed by atoms with Crippen LogP contribution in [0.25, 0.3) is 11.1 Å². The van der Waals surface area contributed by atoms with Gasteiger partial charge in [0.2, 0.25) is 11.8 Å². The van der Waals surface area contributed by atoms with E-state index < -0.39 is 89.7 Å². The van der Waals surface area contributed by atoms with Gasteiger partial charge >= 0.3 is 24.2 Å². The average molecular weight is 1180 g/mol. The molecular formula is C65H87N5O15. The molecule has 0 saturated carbocycles. The van der Waals surface area contributed by atoms with Crippen LogP contribution in [0.1, 0.15) is 117 Å². The van der Waals surface area contributed by atoms with Crippen molar-refractivity contribution in [3.05, 3.63) is 125 Å². The number of methoxy groups -OCH3 is 1. The minimum absolute atomic E-state index is 0.0515. The molecule has 12 atom stereocenters. The number of allylic oxidation sites excluding steroid dienone is 2. The molecule has 462 valence electrons. The number of epoxide rings is 1. The highest BCUT2D eigenvalue weighted by atomic mass is 16.6. The Balaban J connectivity index is 0.858. The number of amides is 5. The van der Waals surface area contributed by atoms with E-state index in [1.54, 1.807) is 89.3 Å². The van der Waals surface area contributed by atoms with E-state index in [1.807, 2.05) is 69.3 Å². The second-order valence-corrected chi connectivity index (χ2v) is 23.8. The smallest absolute Gasteiger partial charge is 0.410 e. The lowest BCUT2D eigenvalue weighted by atomic mass is 9.88. The number of alkyl carbamates (subject to hydrolysis) is 1. The molecule has 1 aliphatic carbocycles. The first-order valence-corrected chi connectivity index (χ1v) is 29.6. The van der Waals surface area contributed by atoms with Crippen molar-refractivity contribution >= 4 is 41.8 Å². The van der Waals surface area contributed by atoms with Crippen molar-refractivity contribution in [2.45, 2.75) is 167 Å². The van der Waals surface area contributed by atoms with Crippen molar-refractivity contribution in [1.29, 1.82) is 0 Å². The summed E-state index contributed by atoms with van der Waals surface area (Å²) in [6.07, 6.45) is 4.19. The largest absolute Gasteiger partial charge is 0.457 e. The molecule has 3 aromatic rings. The van der Waals surface area contributed by atoms with Gasteiger partial charge in [0.15, 0.2) is 6.10 Å². The summed E-state index contributed by atoms with van der Waals surface area (Å²) >= 11 is 0. The van der Waals surface area contributed by atoms with E-state index in [1.165, 1.54) is 23.8 Å². The molecule has 85 heavy (non-hydrogen) atoms. The van der Waals surface area contributed by atoms with Crippen LogP contribution in [0, 0.1) is 17.8 Å². The predicted molar refractivity (Wildman–Crippen MR) is 319 cm³/mol. The predicted octanol–water partition coefficient (Wildman–Crippen LogP) is 8.32. The number of anilines is 1. The van der Waals surface area contributed by atoms with E-state index >= 15 is 0 Å². The number of fused-ring (bicyclic) bond motifs is 3. The normalized spacial score (nSPS) is 25.3. The van der Waals surface area contributed by atoms with Crippen LogP contribution in [0.2, 0.25) is 0 Å². The fourth-order valence-corrected chi connectivity index (χ4v) is 11.1. The third kappa shape index (κ3) is 17.5. The number of aliphatic hydroxyl groups excluding tert-OH is 2. The van der Waals surface area contributed by atoms with Crippen molar-refractivity contribution in [3.8, 4) is 11.1 Å². The van der Waals surface area contributed by atoms with Crippen LogP contribution in [0.15, 0.2) is 109 Å². The number of piperazine rings is 1. The number of aliphatic hydroxyl groups is 3. The number of benzene rings is 3. The molecule has 3 aromatic carbocycles. The first-order chi connectivity index (χ1) is 40.4. The Morgan fingerprint density at radius 2 is 1.49 bits per heavy atom. The Kier molecular flexibility index (Phi) is 22.6. The highest BCUT2D eigenvalue weighted by molar-refractivity contribution is 5.98. The van der Waals surface area contributed by atoms with Gasteiger partial charge < -0.3 is 69.5 Å². The molecule has 5 unspecified atom stereocenters. The number of ether oxygens (including phenoxy) is 6. The summed E-state index contributed by atoms with van der Waals surface area (Å²) in [6.45, 7) is 16.7. The van der Waals surface area contributed by atoms with Gasteiger partial charge in [0, 0.05) is 63.2 Å². The lowest BCUT2D eigenvalue weighted by molar-refractivity contribution is -0.151. The van der Waals surface area contributed by atoms with E-state index in [2.05, 4.69) is 16.0 Å². The van der Waals surface area contributed by atoms with Gasteiger partial charge in [-0.15, -0.1) is 0 Å². The minimum Gasteiger partial charge on any atom is -0.457 e. The molecule has 0 aromatic heterocycles. The second-order valence-electron chi connectivity index (χ2n) is 23.8. The zero-order valence-corrected chi connectivity index (χ0v) is 50.7. The molecule has 6 N–H and O–H groups in total. The van der Waals surface area contributed by atoms with Crippen molar-refractivity contribution in [1.82, 2.24) is 20.4 Å². The third-order valence-electron chi connectivity index (χ3n) is 16.7. The molecule has 3 aliphatic heterocycles. The maximum absolute atomic E-state index is 13.9. The van der Waals surface area contributed by atoms with Crippen LogP contribution in [0.5, 0.6) is 0 Å². The number of carbonyl (C=O) groups excluding carboxylic acids is 6. The Morgan fingerprint density at radius 3 is 2.11 bits per heavy atom. The van der Waals surface area contributed by atoms with Crippen LogP contribution in [0.3, 0.4) is 0 Å². The van der Waals surface area contributed by atoms with Crippen molar-refractivity contribution in [2.75, 3.05) is 45.2 Å². The number of nitrogens with zero attached hydrogens (tertiary/aromatic N) is 2. The van der Waals surface area contributed by atoms with E-state index in [0.29, 0.717) is 29.7 Å². The number of nitrogens with one attached hydrogen (secondary N) is 3. The number of hydrogen-bond donors (Lipinski definition) is 6. The topological polar surface area (TPSA) is 264 Å². The van der Waals surface area contributed by atoms with Gasteiger partial charge in [-0.05, 0) is 104 Å². The highest BCUT2D eigenvalue weighted by Gasteiger charge is 2.47. The Morgan fingerprint density at radius 1 is 0.871 bits per heavy atom. The van der Waals surface area contributed by atoms with Crippen LogP contribution in [-0.2, 0) is 49.4 Å². The molecule has 20 nitrogen and oxygen atoms in total. The summed E-state index contributed by atoms with van der Waals surface area (Å²) in [7, 11) is 1.50. The van der Waals surface area contributed by atoms with E-state index in [9.17, 15) is 44.1 Å². The van der Waals surface area contributed by atoms with Gasteiger partial charge in [0.25, 0.3) is 0 Å². The van der Waals surface area contributed by atoms with Gasteiger partial charge in [-0.3, -0.25) is 14.4 Å². The molecule has 2 fully saturated rings. The van der Waals surface area contributed by atoms with Crippen LogP contribution in [-0.4, -0.2) is 161 Å². The van der Waals surface area contributed by atoms with Crippen LogP contribution in [0.4, 0.5) is 20.1 Å². The first kappa shape index (κ1) is 65.4. The van der Waals surface area contributed by atoms with E-state index in [-0.39, 0.29) is 88.6 Å². The van der Waals surface area contributed by atoms with Crippen molar-refractivity contribution in [2.24, 2.45) is 17.8 Å². The van der Waals surface area contributed by atoms with Crippen molar-refractivity contribution < 1.29 is 72.5 Å². The van der Waals surface area contributed by atoms with Gasteiger partial charge in [-0.1, -0.05) is 120 Å². The zero-order valence-electron chi connectivity index (χ0n) is 50.7. The number of esters is 1. The van der Waals surface area contributed by atoms with Gasteiger partial charge in [0.05, 0.1) is 36.4 Å². The van der Waals surface area contributed by atoms with Crippen LogP contribution < -0.4 is 16.0 Å². The summed E-state index contributed by atoms with van der Waals surface area (Å²) in [5.74, 6) is -2.58. The molecule has 5 amide bonds. The summed E-state index contributed by atoms with van der Waals surface area (Å²) in [5.41, 5.74) is 3.75. The molecule has 2 saturated heterocycles. The third-order valence-corrected chi connectivity index (χ3v) is 16.7. The fourth-order valence-electron chi connectivity index (χ4n) is 11.1. The SMILES string of the molecule is CCC(O)C(C)[C@@H]1O[C@H]1CC(C)(O)/C=C/C=C(\C)[C@H]1OC(=O)C[C@H](O)CC[C@@](C)(OC)[C@@H](OC(=O)N2CCN(C(=O)OCc3ccc(NC(=O)C(C)NC(=O)C(NC(=O)OCC4c5ccccc5-c5ccccc54)C(C)C)cc3)CC2)/C=C/[C@@H]1C. The lowest BCUT2D eigenvalue weighted by Crippen LogP contribution is -2.53. The molecule has 7 rings (SSSR count). The molecule has 20 heteroatoms. The van der Waals surface area contributed by atoms with E-state index in [4.69, 9.17) is 28.4 Å². The maximum atomic E-state index is 13.9. The van der Waals surface area contributed by atoms with Gasteiger partial charge in [0.1, 0.15) is 37.0 Å². The summed E-state index contributed by atoms with van der Waals surface area (Å²) in [5, 5.41) is 40.6. The minimum atomic E-state index is -1.21. The number of carbonyl (C=O) groups is 6. The van der Waals surface area contributed by atoms with E-state index in [0.717, 1.165) is 22.3 Å². The fraction of sp³-hybridized carbons (Fsp3) is 0.538. The Bertz CT molecular complexity index is 2860. The Labute approximate surface area is 499 Å². The van der Waals surface area contributed by atoms with Gasteiger partial charge in [-0.25, -0.2) is 14.4 Å². The molecule has 0 spiro atoms. The lowest BCUT2D eigenvalue weighted by Gasteiger charge is -2.38. The standard InChI is InChI=1S/C65H87N5O15/c1-11-52(72)42(6)58-53(83-58)36-64(8,79)29-16-17-40(4)57-41(5)22-27-54(65(9,80-10)30-28-46(71)35-55(73)85-57)84-63(78)70-33-31-69(32-34-70)62(77)82-37-44-23-25-45(26-24-44)67-59(74)43(7)66-60(75)56(39(2)3)68-61(76)81-38-51-49-20-14-12-18-47(49)48-19-13-15-21-50(48)51/h12-27,29,39,41-43,46,51-54,56-58,71-72,79H,11,28,30-38H2,1-10H3,(H,66,75)(H,67,74)(H,68,76)/b27-22+,29-16+,40-17+/t41-,42?,43?,46+,52?,53-,54-,56?,57+,58-,64?,65+/m0/s1. The number of rotatable bonds is 20. The summed E-state index contributed by atoms with van der Waals surface area (Å²) in [4.78, 5) is 83.1. The molecule has 3 heterocycles. The Hall–Kier alpha value is -7.10. The second kappa shape index (κ2) is 29.3. The maximum Gasteiger partial charge on any atom is 0.410 e. The average Bonchev–Trinajstić information content (AvgIpc) is 2.62.